The minimum atomic E-state index is 0.279. The molecule has 2 aromatic rings. The van der Waals surface area contributed by atoms with Crippen molar-refractivity contribution in [2.75, 3.05) is 0 Å². The number of hydrogen-bond acceptors (Lipinski definition) is 4. The summed E-state index contributed by atoms with van der Waals surface area (Å²) in [7, 11) is 0. The number of aromatic nitrogens is 1. The van der Waals surface area contributed by atoms with E-state index in [1.807, 2.05) is 12.3 Å². The third kappa shape index (κ3) is 3.19. The minimum absolute atomic E-state index is 0.279. The Bertz CT molecular complexity index is 583. The summed E-state index contributed by atoms with van der Waals surface area (Å²) in [6.45, 7) is 2.38. The molecule has 0 saturated carbocycles. The van der Waals surface area contributed by atoms with E-state index in [2.05, 4.69) is 4.98 Å². The highest BCUT2D eigenvalue weighted by molar-refractivity contribution is 7.80. The lowest BCUT2D eigenvalue weighted by Crippen LogP contribution is -2.09. The number of aryl methyl sites for hydroxylation is 1. The molecule has 0 bridgehead atoms. The van der Waals surface area contributed by atoms with E-state index in [4.69, 9.17) is 34.3 Å². The smallest absolute Gasteiger partial charge is 0.131 e. The second-order valence-electron chi connectivity index (χ2n) is 3.65. The van der Waals surface area contributed by atoms with Crippen LogP contribution in [-0.2, 0) is 6.61 Å². The highest BCUT2D eigenvalue weighted by Crippen LogP contribution is 2.23. The molecule has 1 aromatic carbocycles. The van der Waals surface area contributed by atoms with Gasteiger partial charge in [-0.3, -0.25) is 0 Å². The molecular formula is C12H11ClN2OS2. The molecule has 1 aromatic heterocycles. The molecule has 2 rings (SSSR count). The lowest BCUT2D eigenvalue weighted by molar-refractivity contribution is 0.302. The second kappa shape index (κ2) is 5.65. The third-order valence-electron chi connectivity index (χ3n) is 2.26. The van der Waals surface area contributed by atoms with Gasteiger partial charge in [0.1, 0.15) is 17.3 Å². The van der Waals surface area contributed by atoms with E-state index in [1.165, 1.54) is 0 Å². The van der Waals surface area contributed by atoms with Gasteiger partial charge in [-0.15, -0.1) is 11.3 Å². The molecule has 0 unspecified atom stereocenters. The number of thiocarbonyl (C=S) groups is 1. The fourth-order valence-electron chi connectivity index (χ4n) is 1.42. The Morgan fingerprint density at radius 1 is 1.56 bits per heavy atom. The molecule has 1 heterocycles. The number of hydrogen-bond donors (Lipinski definition) is 1. The molecule has 0 aliphatic carbocycles. The zero-order valence-electron chi connectivity index (χ0n) is 9.64. The Kier molecular flexibility index (Phi) is 4.16. The van der Waals surface area contributed by atoms with Crippen molar-refractivity contribution in [2.45, 2.75) is 13.5 Å². The first-order chi connectivity index (χ1) is 8.56. The summed E-state index contributed by atoms with van der Waals surface area (Å²) in [5, 5.41) is 3.49. The van der Waals surface area contributed by atoms with Crippen molar-refractivity contribution in [1.82, 2.24) is 4.98 Å². The molecule has 6 heteroatoms. The van der Waals surface area contributed by atoms with Gasteiger partial charge < -0.3 is 10.5 Å². The normalized spacial score (nSPS) is 10.3. The second-order valence-corrected chi connectivity index (χ2v) is 5.56. The fraction of sp³-hybridized carbons (Fsp3) is 0.167. The van der Waals surface area contributed by atoms with E-state index in [0.29, 0.717) is 22.9 Å². The van der Waals surface area contributed by atoms with Crippen molar-refractivity contribution in [3.8, 4) is 5.75 Å². The standard InChI is InChI=1S/C12H11ClN2OS2/c1-7-15-8(6-18-7)5-16-9-2-3-10(12(14)17)11(13)4-9/h2-4,6H,5H2,1H3,(H2,14,17). The van der Waals surface area contributed by atoms with Crippen LogP contribution in [-0.4, -0.2) is 9.97 Å². The number of nitrogens with two attached hydrogens (primary N) is 1. The predicted molar refractivity (Wildman–Crippen MR) is 78.5 cm³/mol. The highest BCUT2D eigenvalue weighted by atomic mass is 35.5. The molecule has 0 spiro atoms. The van der Waals surface area contributed by atoms with Gasteiger partial charge >= 0.3 is 0 Å². The summed E-state index contributed by atoms with van der Waals surface area (Å²) in [5.74, 6) is 0.672. The van der Waals surface area contributed by atoms with Gasteiger partial charge in [-0.05, 0) is 25.1 Å². The van der Waals surface area contributed by atoms with Crippen LogP contribution in [0.4, 0.5) is 0 Å². The summed E-state index contributed by atoms with van der Waals surface area (Å²) in [4.78, 5) is 4.59. The molecule has 0 atom stereocenters. The molecule has 0 saturated heterocycles. The van der Waals surface area contributed by atoms with E-state index in [9.17, 15) is 0 Å². The summed E-state index contributed by atoms with van der Waals surface area (Å²) >= 11 is 12.5. The van der Waals surface area contributed by atoms with Crippen molar-refractivity contribution in [1.29, 1.82) is 0 Å². The van der Waals surface area contributed by atoms with Gasteiger partial charge in [0.15, 0.2) is 0 Å². The highest BCUT2D eigenvalue weighted by Gasteiger charge is 2.06. The number of thiazole rings is 1. The minimum Gasteiger partial charge on any atom is -0.487 e. The van der Waals surface area contributed by atoms with Crippen LogP contribution in [0.3, 0.4) is 0 Å². The summed E-state index contributed by atoms with van der Waals surface area (Å²) in [6, 6.07) is 5.25. The summed E-state index contributed by atoms with van der Waals surface area (Å²) < 4.78 is 5.60. The zero-order chi connectivity index (χ0) is 13.1. The molecule has 94 valence electrons. The predicted octanol–water partition coefficient (Wildman–Crippen LogP) is 3.32. The van der Waals surface area contributed by atoms with Crippen molar-refractivity contribution >= 4 is 40.1 Å². The maximum Gasteiger partial charge on any atom is 0.131 e. The van der Waals surface area contributed by atoms with Crippen LogP contribution in [0.1, 0.15) is 16.3 Å². The largest absolute Gasteiger partial charge is 0.487 e. The molecule has 2 N–H and O–H groups in total. The third-order valence-corrected chi connectivity index (χ3v) is 3.61. The number of ether oxygens (including phenoxy) is 1. The first-order valence-corrected chi connectivity index (χ1v) is 6.86. The van der Waals surface area contributed by atoms with Crippen molar-refractivity contribution < 1.29 is 4.74 Å². The first-order valence-electron chi connectivity index (χ1n) is 5.19. The Balaban J connectivity index is 2.06. The molecule has 0 aliphatic rings. The quantitative estimate of drug-likeness (QED) is 0.880. The van der Waals surface area contributed by atoms with E-state index < -0.39 is 0 Å². The first kappa shape index (κ1) is 13.3. The zero-order valence-corrected chi connectivity index (χ0v) is 12.0. The topological polar surface area (TPSA) is 48.1 Å². The number of benzene rings is 1. The number of rotatable bonds is 4. The Morgan fingerprint density at radius 2 is 2.33 bits per heavy atom. The number of halogens is 1. The molecule has 0 aliphatic heterocycles. The molecule has 3 nitrogen and oxygen atoms in total. The fourth-order valence-corrected chi connectivity index (χ4v) is 2.52. The van der Waals surface area contributed by atoms with Gasteiger partial charge in [-0.1, -0.05) is 23.8 Å². The van der Waals surface area contributed by atoms with Crippen LogP contribution in [0.2, 0.25) is 5.02 Å². The van der Waals surface area contributed by atoms with E-state index in [0.717, 1.165) is 10.7 Å². The van der Waals surface area contributed by atoms with Crippen molar-refractivity contribution in [2.24, 2.45) is 5.73 Å². The average molecular weight is 299 g/mol. The van der Waals surface area contributed by atoms with Crippen LogP contribution in [0.15, 0.2) is 23.6 Å². The van der Waals surface area contributed by atoms with E-state index in [1.54, 1.807) is 29.5 Å². The SMILES string of the molecule is Cc1nc(COc2ccc(C(N)=S)c(Cl)c2)cs1. The van der Waals surface area contributed by atoms with E-state index >= 15 is 0 Å². The van der Waals surface area contributed by atoms with Crippen LogP contribution in [0, 0.1) is 6.92 Å². The van der Waals surface area contributed by atoms with Crippen LogP contribution in [0.25, 0.3) is 0 Å². The average Bonchev–Trinajstić information content (AvgIpc) is 2.72. The maximum atomic E-state index is 6.05. The molecule has 0 amide bonds. The molecule has 0 radical (unpaired) electrons. The van der Waals surface area contributed by atoms with Crippen LogP contribution >= 0.6 is 35.2 Å². The van der Waals surface area contributed by atoms with Crippen molar-refractivity contribution in [3.05, 3.63) is 44.9 Å². The van der Waals surface area contributed by atoms with E-state index in [-0.39, 0.29) is 4.99 Å². The van der Waals surface area contributed by atoms with Gasteiger partial charge in [0, 0.05) is 10.9 Å². The summed E-state index contributed by atoms with van der Waals surface area (Å²) in [6.07, 6.45) is 0. The Labute approximate surface area is 120 Å². The monoisotopic (exact) mass is 298 g/mol. The number of nitrogens with zero attached hydrogens (tertiary/aromatic N) is 1. The van der Waals surface area contributed by atoms with Gasteiger partial charge in [-0.25, -0.2) is 4.98 Å². The van der Waals surface area contributed by atoms with Gasteiger partial charge in [0.05, 0.1) is 15.7 Å². The lowest BCUT2D eigenvalue weighted by atomic mass is 10.2. The van der Waals surface area contributed by atoms with Crippen LogP contribution in [0.5, 0.6) is 5.75 Å². The van der Waals surface area contributed by atoms with Crippen LogP contribution < -0.4 is 10.5 Å². The molecule has 0 fully saturated rings. The Hall–Kier alpha value is -1.17. The van der Waals surface area contributed by atoms with Gasteiger partial charge in [0.25, 0.3) is 0 Å². The molecular weight excluding hydrogens is 288 g/mol. The lowest BCUT2D eigenvalue weighted by Gasteiger charge is -2.07. The van der Waals surface area contributed by atoms with Gasteiger partial charge in [-0.2, -0.15) is 0 Å². The van der Waals surface area contributed by atoms with Crippen molar-refractivity contribution in [3.63, 3.8) is 0 Å². The Morgan fingerprint density at radius 3 is 2.89 bits per heavy atom. The maximum absolute atomic E-state index is 6.05. The molecule has 18 heavy (non-hydrogen) atoms. The summed E-state index contributed by atoms with van der Waals surface area (Å²) in [5.41, 5.74) is 7.10. The van der Waals surface area contributed by atoms with Gasteiger partial charge in [0.2, 0.25) is 0 Å².